The highest BCUT2D eigenvalue weighted by molar-refractivity contribution is 5.77. The number of alkyl halides is 3. The number of hydrogen-bond acceptors (Lipinski definition) is 3. The molecule has 0 saturated carbocycles. The number of aromatic nitrogens is 1. The summed E-state index contributed by atoms with van der Waals surface area (Å²) in [6.45, 7) is 0.544. The van der Waals surface area contributed by atoms with Crippen LogP contribution in [0.25, 0.3) is 0 Å². The maximum Gasteiger partial charge on any atom is 0.397 e. The van der Waals surface area contributed by atoms with Crippen LogP contribution >= 0.6 is 0 Å². The van der Waals surface area contributed by atoms with Crippen molar-refractivity contribution in [3.63, 3.8) is 0 Å². The molecule has 2 rings (SSSR count). The van der Waals surface area contributed by atoms with E-state index >= 15 is 0 Å². The second-order valence-electron chi connectivity index (χ2n) is 4.70. The molecule has 0 spiro atoms. The molecule has 20 heavy (non-hydrogen) atoms. The molecular weight excluding hydrogens is 273 g/mol. The molecule has 1 amide bonds. The maximum atomic E-state index is 12.2. The Morgan fingerprint density at radius 3 is 2.75 bits per heavy atom. The SMILES string of the molecule is O=C(CC(F)(F)F)N1CCCC(Oc2ccncc2)C1. The van der Waals surface area contributed by atoms with Gasteiger partial charge in [0, 0.05) is 18.9 Å². The number of likely N-dealkylation sites (tertiary alicyclic amines) is 1. The van der Waals surface area contributed by atoms with Crippen LogP contribution in [0.2, 0.25) is 0 Å². The number of amides is 1. The first kappa shape index (κ1) is 14.6. The van der Waals surface area contributed by atoms with Crippen molar-refractivity contribution in [2.45, 2.75) is 31.5 Å². The first-order chi connectivity index (χ1) is 9.44. The quantitative estimate of drug-likeness (QED) is 0.857. The summed E-state index contributed by atoms with van der Waals surface area (Å²) in [5, 5.41) is 0. The smallest absolute Gasteiger partial charge is 0.397 e. The minimum absolute atomic E-state index is 0.192. The zero-order valence-corrected chi connectivity index (χ0v) is 10.8. The Bertz CT molecular complexity index is 451. The summed E-state index contributed by atoms with van der Waals surface area (Å²) in [5.74, 6) is -0.282. The minimum Gasteiger partial charge on any atom is -0.488 e. The second-order valence-corrected chi connectivity index (χ2v) is 4.70. The van der Waals surface area contributed by atoms with Crippen molar-refractivity contribution < 1.29 is 22.7 Å². The van der Waals surface area contributed by atoms with E-state index in [2.05, 4.69) is 4.98 Å². The van der Waals surface area contributed by atoms with E-state index in [4.69, 9.17) is 4.74 Å². The van der Waals surface area contributed by atoms with Crippen molar-refractivity contribution in [3.8, 4) is 5.75 Å². The molecule has 4 nitrogen and oxygen atoms in total. The van der Waals surface area contributed by atoms with Crippen LogP contribution < -0.4 is 4.74 Å². The van der Waals surface area contributed by atoms with Crippen LogP contribution in [0.5, 0.6) is 5.75 Å². The Morgan fingerprint density at radius 1 is 1.40 bits per heavy atom. The van der Waals surface area contributed by atoms with Crippen LogP contribution in [-0.4, -0.2) is 41.2 Å². The van der Waals surface area contributed by atoms with E-state index in [9.17, 15) is 18.0 Å². The molecule has 0 N–H and O–H groups in total. The predicted molar refractivity (Wildman–Crippen MR) is 65.1 cm³/mol. The lowest BCUT2D eigenvalue weighted by Crippen LogP contribution is -2.45. The molecule has 0 aliphatic carbocycles. The Balaban J connectivity index is 1.90. The third-order valence-corrected chi connectivity index (χ3v) is 3.04. The molecule has 7 heteroatoms. The number of carbonyl (C=O) groups is 1. The van der Waals surface area contributed by atoms with Gasteiger partial charge in [0.15, 0.2) is 0 Å². The number of hydrogen-bond donors (Lipinski definition) is 0. The molecule has 1 aromatic heterocycles. The molecule has 1 saturated heterocycles. The van der Waals surface area contributed by atoms with Gasteiger partial charge in [-0.15, -0.1) is 0 Å². The Kier molecular flexibility index (Phi) is 4.46. The number of piperidine rings is 1. The van der Waals surface area contributed by atoms with E-state index in [1.807, 2.05) is 0 Å². The predicted octanol–water partition coefficient (Wildman–Crippen LogP) is 2.40. The number of carbonyl (C=O) groups excluding carboxylic acids is 1. The Labute approximate surface area is 114 Å². The number of ether oxygens (including phenoxy) is 1. The van der Waals surface area contributed by atoms with Gasteiger partial charge < -0.3 is 9.64 Å². The summed E-state index contributed by atoms with van der Waals surface area (Å²) in [5.41, 5.74) is 0. The molecule has 2 heterocycles. The lowest BCUT2D eigenvalue weighted by Gasteiger charge is -2.33. The summed E-state index contributed by atoms with van der Waals surface area (Å²) >= 11 is 0. The fourth-order valence-corrected chi connectivity index (χ4v) is 2.15. The lowest BCUT2D eigenvalue weighted by atomic mass is 10.1. The molecule has 1 atom stereocenters. The number of halogens is 3. The van der Waals surface area contributed by atoms with E-state index < -0.39 is 18.5 Å². The monoisotopic (exact) mass is 288 g/mol. The highest BCUT2D eigenvalue weighted by atomic mass is 19.4. The molecule has 0 aromatic carbocycles. The molecule has 1 aromatic rings. The lowest BCUT2D eigenvalue weighted by molar-refractivity contribution is -0.163. The summed E-state index contributed by atoms with van der Waals surface area (Å²) in [6, 6.07) is 3.35. The first-order valence-corrected chi connectivity index (χ1v) is 6.35. The van der Waals surface area contributed by atoms with Gasteiger partial charge in [0.1, 0.15) is 18.3 Å². The molecule has 1 unspecified atom stereocenters. The van der Waals surface area contributed by atoms with Crippen LogP contribution in [0, 0.1) is 0 Å². The summed E-state index contributed by atoms with van der Waals surface area (Å²) in [6.07, 6.45) is -1.64. The highest BCUT2D eigenvalue weighted by Gasteiger charge is 2.35. The van der Waals surface area contributed by atoms with E-state index in [-0.39, 0.29) is 12.6 Å². The van der Waals surface area contributed by atoms with E-state index in [1.54, 1.807) is 24.5 Å². The van der Waals surface area contributed by atoms with Gasteiger partial charge >= 0.3 is 6.18 Å². The van der Waals surface area contributed by atoms with Gasteiger partial charge in [-0.25, -0.2) is 0 Å². The van der Waals surface area contributed by atoms with E-state index in [1.165, 1.54) is 4.90 Å². The fourth-order valence-electron chi connectivity index (χ4n) is 2.15. The third kappa shape index (κ3) is 4.40. The second kappa shape index (κ2) is 6.11. The number of nitrogens with zero attached hydrogens (tertiary/aromatic N) is 2. The van der Waals surface area contributed by atoms with Crippen molar-refractivity contribution in [1.82, 2.24) is 9.88 Å². The van der Waals surface area contributed by atoms with Gasteiger partial charge in [0.25, 0.3) is 0 Å². The zero-order chi connectivity index (χ0) is 14.6. The van der Waals surface area contributed by atoms with Crippen molar-refractivity contribution in [2.24, 2.45) is 0 Å². The van der Waals surface area contributed by atoms with Crippen molar-refractivity contribution in [2.75, 3.05) is 13.1 Å². The zero-order valence-electron chi connectivity index (χ0n) is 10.8. The normalized spacial score (nSPS) is 19.8. The van der Waals surface area contributed by atoms with Crippen LogP contribution in [-0.2, 0) is 4.79 Å². The average Bonchev–Trinajstić information content (AvgIpc) is 2.38. The minimum atomic E-state index is -4.46. The van der Waals surface area contributed by atoms with Crippen LogP contribution in [0.3, 0.4) is 0 Å². The van der Waals surface area contributed by atoms with Crippen LogP contribution in [0.15, 0.2) is 24.5 Å². The summed E-state index contributed by atoms with van der Waals surface area (Å²) < 4.78 is 42.3. The summed E-state index contributed by atoms with van der Waals surface area (Å²) in [7, 11) is 0. The molecule has 110 valence electrons. The number of rotatable bonds is 3. The molecule has 1 aliphatic rings. The fraction of sp³-hybridized carbons (Fsp3) is 0.538. The van der Waals surface area contributed by atoms with Crippen LogP contribution in [0.4, 0.5) is 13.2 Å². The van der Waals surface area contributed by atoms with E-state index in [0.717, 1.165) is 6.42 Å². The van der Waals surface area contributed by atoms with Crippen molar-refractivity contribution in [3.05, 3.63) is 24.5 Å². The third-order valence-electron chi connectivity index (χ3n) is 3.04. The molecule has 0 radical (unpaired) electrons. The van der Waals surface area contributed by atoms with Crippen molar-refractivity contribution >= 4 is 5.91 Å². The van der Waals surface area contributed by atoms with Gasteiger partial charge in [-0.3, -0.25) is 9.78 Å². The van der Waals surface area contributed by atoms with E-state index in [0.29, 0.717) is 18.7 Å². The molecule has 0 bridgehead atoms. The molecular formula is C13H15F3N2O2. The van der Waals surface area contributed by atoms with Gasteiger partial charge in [-0.05, 0) is 25.0 Å². The Hall–Kier alpha value is -1.79. The average molecular weight is 288 g/mol. The first-order valence-electron chi connectivity index (χ1n) is 6.35. The van der Waals surface area contributed by atoms with Gasteiger partial charge in [-0.1, -0.05) is 0 Å². The largest absolute Gasteiger partial charge is 0.488 e. The van der Waals surface area contributed by atoms with Gasteiger partial charge in [0.2, 0.25) is 5.91 Å². The van der Waals surface area contributed by atoms with Gasteiger partial charge in [-0.2, -0.15) is 13.2 Å². The van der Waals surface area contributed by atoms with Crippen LogP contribution in [0.1, 0.15) is 19.3 Å². The summed E-state index contributed by atoms with van der Waals surface area (Å²) in [4.78, 5) is 16.6. The molecule has 1 fully saturated rings. The number of pyridine rings is 1. The van der Waals surface area contributed by atoms with Gasteiger partial charge in [0.05, 0.1) is 6.54 Å². The molecule has 1 aliphatic heterocycles. The van der Waals surface area contributed by atoms with Crippen molar-refractivity contribution in [1.29, 1.82) is 0 Å². The standard InChI is InChI=1S/C13H15F3N2O2/c14-13(15,16)8-12(19)18-7-1-2-11(9-18)20-10-3-5-17-6-4-10/h3-6,11H,1-2,7-9H2. The highest BCUT2D eigenvalue weighted by Crippen LogP contribution is 2.23. The topological polar surface area (TPSA) is 42.4 Å². The Morgan fingerprint density at radius 2 is 2.10 bits per heavy atom. The maximum absolute atomic E-state index is 12.2.